The van der Waals surface area contributed by atoms with Gasteiger partial charge in [-0.15, -0.1) is 0 Å². The van der Waals surface area contributed by atoms with Gasteiger partial charge in [0.2, 0.25) is 0 Å². The Morgan fingerprint density at radius 2 is 1.51 bits per heavy atom. The molecule has 0 spiro atoms. The number of ether oxygens (including phenoxy) is 3. The highest BCUT2D eigenvalue weighted by atomic mass is 16.5. The van der Waals surface area contributed by atoms with Gasteiger partial charge in [0, 0.05) is 5.56 Å². The Balaban J connectivity index is 1.47. The molecule has 0 saturated carbocycles. The fourth-order valence-electron chi connectivity index (χ4n) is 2.94. The predicted molar refractivity (Wildman–Crippen MR) is 130 cm³/mol. The van der Waals surface area contributed by atoms with Crippen molar-refractivity contribution in [2.24, 2.45) is 5.10 Å². The molecule has 0 aliphatic rings. The van der Waals surface area contributed by atoms with Crippen molar-refractivity contribution in [3.8, 4) is 17.2 Å². The van der Waals surface area contributed by atoms with E-state index in [0.29, 0.717) is 33.9 Å². The van der Waals surface area contributed by atoms with Gasteiger partial charge in [-0.25, -0.2) is 10.2 Å². The van der Waals surface area contributed by atoms with Crippen molar-refractivity contribution < 1.29 is 28.6 Å². The molecule has 9 heteroatoms. The Morgan fingerprint density at radius 3 is 2.17 bits per heavy atom. The van der Waals surface area contributed by atoms with Gasteiger partial charge in [-0.05, 0) is 67.1 Å². The fraction of sp³-hybridized carbons (Fsp3) is 0.154. The minimum Gasteiger partial charge on any atom is -0.493 e. The lowest BCUT2D eigenvalue weighted by Gasteiger charge is -2.09. The molecule has 3 rings (SSSR count). The summed E-state index contributed by atoms with van der Waals surface area (Å²) in [5.74, 6) is -0.0969. The summed E-state index contributed by atoms with van der Waals surface area (Å²) in [5.41, 5.74) is 4.83. The van der Waals surface area contributed by atoms with E-state index in [1.807, 2.05) is 19.1 Å². The normalized spacial score (nSPS) is 10.5. The number of benzene rings is 3. The van der Waals surface area contributed by atoms with Crippen LogP contribution < -0.4 is 25.0 Å². The zero-order valence-corrected chi connectivity index (χ0v) is 19.5. The maximum Gasteiger partial charge on any atom is 0.343 e. The molecule has 0 atom stereocenters. The first kappa shape index (κ1) is 25.0. The Labute approximate surface area is 202 Å². The van der Waals surface area contributed by atoms with Crippen LogP contribution in [-0.4, -0.2) is 44.8 Å². The van der Waals surface area contributed by atoms with Gasteiger partial charge in [0.25, 0.3) is 11.8 Å². The number of nitrogens with one attached hydrogen (secondary N) is 2. The maximum absolute atomic E-state index is 12.4. The third-order valence-corrected chi connectivity index (χ3v) is 4.84. The van der Waals surface area contributed by atoms with Crippen LogP contribution in [-0.2, 0) is 4.79 Å². The lowest BCUT2D eigenvalue weighted by molar-refractivity contribution is -0.120. The summed E-state index contributed by atoms with van der Waals surface area (Å²) in [4.78, 5) is 36.4. The Hall–Kier alpha value is -4.66. The van der Waals surface area contributed by atoms with E-state index in [2.05, 4.69) is 15.8 Å². The van der Waals surface area contributed by atoms with Gasteiger partial charge in [0.05, 0.1) is 32.5 Å². The minimum atomic E-state index is -0.549. The lowest BCUT2D eigenvalue weighted by Crippen LogP contribution is -2.34. The molecule has 0 aliphatic heterocycles. The first-order valence-corrected chi connectivity index (χ1v) is 10.6. The van der Waals surface area contributed by atoms with Crippen LogP contribution in [0.4, 0.5) is 0 Å². The molecule has 0 fully saturated rings. The van der Waals surface area contributed by atoms with E-state index in [9.17, 15) is 14.4 Å². The Bertz CT molecular complexity index is 1220. The van der Waals surface area contributed by atoms with Gasteiger partial charge < -0.3 is 19.5 Å². The highest BCUT2D eigenvalue weighted by molar-refractivity contribution is 5.96. The number of hydrogen-bond acceptors (Lipinski definition) is 7. The van der Waals surface area contributed by atoms with Crippen molar-refractivity contribution in [3.05, 3.63) is 89.0 Å². The number of nitrogens with zero attached hydrogens (tertiary/aromatic N) is 1. The summed E-state index contributed by atoms with van der Waals surface area (Å²) in [6.07, 6.45) is 1.43. The third kappa shape index (κ3) is 7.16. The molecule has 0 heterocycles. The van der Waals surface area contributed by atoms with Crippen LogP contribution in [0.15, 0.2) is 71.8 Å². The second kappa shape index (κ2) is 12.0. The van der Waals surface area contributed by atoms with Crippen LogP contribution in [0.1, 0.15) is 31.8 Å². The summed E-state index contributed by atoms with van der Waals surface area (Å²) in [7, 11) is 2.99. The van der Waals surface area contributed by atoms with E-state index in [-0.39, 0.29) is 12.5 Å². The zero-order valence-electron chi connectivity index (χ0n) is 19.5. The van der Waals surface area contributed by atoms with Gasteiger partial charge >= 0.3 is 5.97 Å². The molecule has 0 unspecified atom stereocenters. The predicted octanol–water partition coefficient (Wildman–Crippen LogP) is 3.11. The van der Waals surface area contributed by atoms with Crippen molar-refractivity contribution >= 4 is 24.0 Å². The van der Waals surface area contributed by atoms with Crippen LogP contribution >= 0.6 is 0 Å². The number of amides is 2. The molecule has 3 aromatic rings. The summed E-state index contributed by atoms with van der Waals surface area (Å²) in [6.45, 7) is 1.71. The van der Waals surface area contributed by atoms with Crippen LogP contribution in [0.3, 0.4) is 0 Å². The average molecular weight is 476 g/mol. The smallest absolute Gasteiger partial charge is 0.343 e. The molecule has 0 saturated heterocycles. The zero-order chi connectivity index (χ0) is 25.2. The molecule has 0 aromatic heterocycles. The fourth-order valence-corrected chi connectivity index (χ4v) is 2.94. The first-order chi connectivity index (χ1) is 16.9. The van der Waals surface area contributed by atoms with Crippen molar-refractivity contribution in [2.45, 2.75) is 6.92 Å². The van der Waals surface area contributed by atoms with Crippen molar-refractivity contribution in [2.75, 3.05) is 20.8 Å². The van der Waals surface area contributed by atoms with E-state index in [4.69, 9.17) is 14.2 Å². The molecule has 2 N–H and O–H groups in total. The van der Waals surface area contributed by atoms with Gasteiger partial charge in [-0.1, -0.05) is 17.7 Å². The molecule has 3 aromatic carbocycles. The van der Waals surface area contributed by atoms with E-state index in [1.54, 1.807) is 48.5 Å². The molecular formula is C26H25N3O6. The third-order valence-electron chi connectivity index (χ3n) is 4.84. The number of methoxy groups -OCH3 is 2. The molecule has 0 aliphatic carbocycles. The van der Waals surface area contributed by atoms with Crippen LogP contribution in [0.2, 0.25) is 0 Å². The average Bonchev–Trinajstić information content (AvgIpc) is 2.88. The number of rotatable bonds is 9. The second-order valence-electron chi connectivity index (χ2n) is 7.37. The molecule has 0 bridgehead atoms. The number of hydrazone groups is 1. The van der Waals surface area contributed by atoms with Gasteiger partial charge in [-0.3, -0.25) is 9.59 Å². The van der Waals surface area contributed by atoms with Crippen LogP contribution in [0.25, 0.3) is 0 Å². The Kier molecular flexibility index (Phi) is 8.55. The Morgan fingerprint density at radius 1 is 0.857 bits per heavy atom. The topological polar surface area (TPSA) is 115 Å². The van der Waals surface area contributed by atoms with E-state index >= 15 is 0 Å². The van der Waals surface area contributed by atoms with E-state index in [0.717, 1.165) is 5.56 Å². The highest BCUT2D eigenvalue weighted by Gasteiger charge is 2.13. The molecular weight excluding hydrogens is 450 g/mol. The molecule has 9 nitrogen and oxygen atoms in total. The van der Waals surface area contributed by atoms with E-state index in [1.165, 1.54) is 26.5 Å². The highest BCUT2D eigenvalue weighted by Crippen LogP contribution is 2.28. The number of esters is 1. The number of hydrogen-bond donors (Lipinski definition) is 2. The molecule has 35 heavy (non-hydrogen) atoms. The van der Waals surface area contributed by atoms with Crippen molar-refractivity contribution in [3.63, 3.8) is 0 Å². The number of carbonyl (C=O) groups is 3. The monoisotopic (exact) mass is 475 g/mol. The summed E-state index contributed by atoms with van der Waals surface area (Å²) in [6, 6.07) is 18.3. The quantitative estimate of drug-likeness (QED) is 0.213. The molecule has 0 radical (unpaired) electrons. The minimum absolute atomic E-state index is 0.213. The lowest BCUT2D eigenvalue weighted by atomic mass is 10.1. The largest absolute Gasteiger partial charge is 0.493 e. The van der Waals surface area contributed by atoms with Gasteiger partial charge in [-0.2, -0.15) is 5.10 Å². The van der Waals surface area contributed by atoms with Crippen molar-refractivity contribution in [1.29, 1.82) is 0 Å². The van der Waals surface area contributed by atoms with Gasteiger partial charge in [0.15, 0.2) is 11.5 Å². The van der Waals surface area contributed by atoms with Gasteiger partial charge in [0.1, 0.15) is 5.75 Å². The maximum atomic E-state index is 12.4. The summed E-state index contributed by atoms with van der Waals surface area (Å²) in [5, 5.41) is 6.40. The first-order valence-electron chi connectivity index (χ1n) is 10.6. The number of aryl methyl sites for hydroxylation is 1. The van der Waals surface area contributed by atoms with Crippen LogP contribution in [0.5, 0.6) is 17.2 Å². The SMILES string of the molecule is COc1ccc(C(=O)Oc2ccc(/C=N/NC(=O)CNC(=O)c3ccc(C)cc3)cc2)cc1OC. The molecule has 2 amide bonds. The van der Waals surface area contributed by atoms with Crippen molar-refractivity contribution in [1.82, 2.24) is 10.7 Å². The standard InChI is InChI=1S/C26H25N3O6/c1-17-4-8-19(9-5-17)25(31)27-16-24(30)29-28-15-18-6-11-21(12-7-18)35-26(32)20-10-13-22(33-2)23(14-20)34-3/h4-15H,16H2,1-3H3,(H,27,31)(H,29,30)/b28-15+. The van der Waals surface area contributed by atoms with Crippen LogP contribution in [0, 0.1) is 6.92 Å². The number of carbonyl (C=O) groups excluding carboxylic acids is 3. The van der Waals surface area contributed by atoms with E-state index < -0.39 is 11.9 Å². The summed E-state index contributed by atoms with van der Waals surface area (Å²) >= 11 is 0. The second-order valence-corrected chi connectivity index (χ2v) is 7.37. The summed E-state index contributed by atoms with van der Waals surface area (Å²) < 4.78 is 15.7. The molecule has 180 valence electrons.